The Labute approximate surface area is 214 Å². The maximum atomic E-state index is 13.2. The number of nitrogens with zero attached hydrogens (tertiary/aromatic N) is 4. The molecule has 2 aromatic rings. The molecule has 1 aliphatic rings. The molecule has 3 rings (SSSR count). The zero-order valence-corrected chi connectivity index (χ0v) is 22.8. The first-order valence-corrected chi connectivity index (χ1v) is 12.7. The Balaban J connectivity index is 2.04. The molecule has 1 aromatic heterocycles. The zero-order chi connectivity index (χ0) is 26.6. The van der Waals surface area contributed by atoms with Crippen molar-refractivity contribution in [3.05, 3.63) is 30.0 Å². The summed E-state index contributed by atoms with van der Waals surface area (Å²) in [5, 5.41) is 5.91. The predicted molar refractivity (Wildman–Crippen MR) is 144 cm³/mol. The lowest BCUT2D eigenvalue weighted by molar-refractivity contribution is -0.125. The van der Waals surface area contributed by atoms with E-state index in [-0.39, 0.29) is 24.0 Å². The number of nitrogens with one attached hydrogen (secondary N) is 2. The summed E-state index contributed by atoms with van der Waals surface area (Å²) >= 11 is 0. The summed E-state index contributed by atoms with van der Waals surface area (Å²) in [6, 6.07) is 5.43. The van der Waals surface area contributed by atoms with Crippen LogP contribution in [0.3, 0.4) is 0 Å². The lowest BCUT2D eigenvalue weighted by Crippen LogP contribution is -2.45. The van der Waals surface area contributed by atoms with Crippen LogP contribution < -0.4 is 25.2 Å². The van der Waals surface area contributed by atoms with Gasteiger partial charge < -0.3 is 25.2 Å². The highest BCUT2D eigenvalue weighted by molar-refractivity contribution is 6.01. The summed E-state index contributed by atoms with van der Waals surface area (Å²) in [6.45, 7) is 12.7. The van der Waals surface area contributed by atoms with Crippen molar-refractivity contribution in [1.29, 1.82) is 0 Å². The second kappa shape index (κ2) is 11.1. The van der Waals surface area contributed by atoms with E-state index in [0.29, 0.717) is 35.2 Å². The molecule has 1 atom stereocenters. The van der Waals surface area contributed by atoms with E-state index >= 15 is 0 Å². The monoisotopic (exact) mass is 496 g/mol. The van der Waals surface area contributed by atoms with Gasteiger partial charge in [-0.05, 0) is 59.2 Å². The summed E-state index contributed by atoms with van der Waals surface area (Å²) < 4.78 is 5.99. The summed E-state index contributed by atoms with van der Waals surface area (Å²) in [6.07, 6.45) is 4.82. The number of rotatable bonds is 9. The number of aromatic nitrogens is 2. The number of ether oxygens (including phenoxy) is 1. The zero-order valence-electron chi connectivity index (χ0n) is 22.8. The first-order valence-electron chi connectivity index (χ1n) is 12.7. The van der Waals surface area contributed by atoms with Gasteiger partial charge in [-0.1, -0.05) is 19.8 Å². The van der Waals surface area contributed by atoms with Gasteiger partial charge in [0.25, 0.3) is 5.91 Å². The van der Waals surface area contributed by atoms with Crippen LogP contribution in [-0.2, 0) is 4.79 Å². The Morgan fingerprint density at radius 1 is 1.25 bits per heavy atom. The van der Waals surface area contributed by atoms with E-state index in [0.717, 1.165) is 25.1 Å². The maximum Gasteiger partial charge on any atom is 0.251 e. The number of carbonyl (C=O) groups is 2. The molecule has 0 aliphatic carbocycles. The molecule has 9 heteroatoms. The molecule has 1 unspecified atom stereocenters. The van der Waals surface area contributed by atoms with E-state index in [1.807, 2.05) is 27.7 Å². The van der Waals surface area contributed by atoms with Gasteiger partial charge in [0, 0.05) is 32.2 Å². The van der Waals surface area contributed by atoms with E-state index in [2.05, 4.69) is 34.4 Å². The van der Waals surface area contributed by atoms with E-state index in [1.54, 1.807) is 43.4 Å². The quantitative estimate of drug-likeness (QED) is 0.516. The second-order valence-corrected chi connectivity index (χ2v) is 10.4. The highest BCUT2D eigenvalue weighted by Gasteiger charge is 2.40. The van der Waals surface area contributed by atoms with E-state index in [1.165, 1.54) is 0 Å². The minimum Gasteiger partial charge on any atom is -0.489 e. The van der Waals surface area contributed by atoms with Crippen LogP contribution in [0, 0.1) is 5.41 Å². The van der Waals surface area contributed by atoms with Gasteiger partial charge in [-0.2, -0.15) is 4.98 Å². The van der Waals surface area contributed by atoms with E-state index < -0.39 is 5.41 Å². The third kappa shape index (κ3) is 5.88. The van der Waals surface area contributed by atoms with E-state index in [4.69, 9.17) is 9.72 Å². The van der Waals surface area contributed by atoms with Crippen LogP contribution in [0.2, 0.25) is 0 Å². The minimum atomic E-state index is -0.572. The largest absolute Gasteiger partial charge is 0.489 e. The van der Waals surface area contributed by atoms with Crippen molar-refractivity contribution < 1.29 is 14.3 Å². The normalized spacial score (nSPS) is 15.9. The Hall–Kier alpha value is -3.36. The van der Waals surface area contributed by atoms with Crippen molar-refractivity contribution in [2.75, 3.05) is 35.8 Å². The van der Waals surface area contributed by atoms with Crippen molar-refractivity contribution in [2.45, 2.75) is 73.0 Å². The maximum absolute atomic E-state index is 13.2. The second-order valence-electron chi connectivity index (χ2n) is 10.4. The van der Waals surface area contributed by atoms with Gasteiger partial charge in [0.15, 0.2) is 5.82 Å². The smallest absolute Gasteiger partial charge is 0.251 e. The van der Waals surface area contributed by atoms with Gasteiger partial charge in [-0.3, -0.25) is 9.59 Å². The molecule has 9 nitrogen and oxygen atoms in total. The van der Waals surface area contributed by atoms with Crippen LogP contribution >= 0.6 is 0 Å². The van der Waals surface area contributed by atoms with Crippen LogP contribution in [0.4, 0.5) is 23.1 Å². The molecular weight excluding hydrogens is 456 g/mol. The van der Waals surface area contributed by atoms with Crippen LogP contribution in [0.15, 0.2) is 24.4 Å². The van der Waals surface area contributed by atoms with Crippen LogP contribution in [-0.4, -0.2) is 54.6 Å². The van der Waals surface area contributed by atoms with Crippen molar-refractivity contribution in [3.8, 4) is 5.75 Å². The number of fused-ring (bicyclic) bond motifs is 1. The molecule has 1 aromatic carbocycles. The minimum absolute atomic E-state index is 0.0376. The van der Waals surface area contributed by atoms with Gasteiger partial charge in [-0.15, -0.1) is 0 Å². The third-order valence-corrected chi connectivity index (χ3v) is 6.42. The molecule has 0 fully saturated rings. The molecule has 1 aliphatic heterocycles. The summed E-state index contributed by atoms with van der Waals surface area (Å²) in [4.78, 5) is 38.7. The molecule has 0 radical (unpaired) electrons. The van der Waals surface area contributed by atoms with Crippen molar-refractivity contribution in [2.24, 2.45) is 5.41 Å². The molecule has 2 N–H and O–H groups in total. The standard InChI is InChI=1S/C27H40N6O3/c1-9-10-11-18(4)33-16-27(5,6)25(35)32(8)21-15-29-26(31-23(21)33)30-20-13-12-19(24(34)28-7)14-22(20)36-17(2)3/h12-15,17-18H,9-11,16H2,1-8H3,(H,28,34)(H,29,30,31). The van der Waals surface area contributed by atoms with Gasteiger partial charge in [-0.25, -0.2) is 4.98 Å². The molecule has 0 saturated heterocycles. The van der Waals surface area contributed by atoms with Gasteiger partial charge in [0.2, 0.25) is 11.9 Å². The Morgan fingerprint density at radius 2 is 1.97 bits per heavy atom. The average Bonchev–Trinajstić information content (AvgIpc) is 2.91. The highest BCUT2D eigenvalue weighted by atomic mass is 16.5. The Morgan fingerprint density at radius 3 is 2.61 bits per heavy atom. The third-order valence-electron chi connectivity index (χ3n) is 6.42. The van der Waals surface area contributed by atoms with Crippen molar-refractivity contribution >= 4 is 35.0 Å². The fourth-order valence-corrected chi connectivity index (χ4v) is 4.41. The number of hydrogen-bond donors (Lipinski definition) is 2. The Kier molecular flexibility index (Phi) is 8.43. The molecule has 0 spiro atoms. The molecule has 0 bridgehead atoms. The molecular formula is C27H40N6O3. The molecule has 2 amide bonds. The predicted octanol–water partition coefficient (Wildman–Crippen LogP) is 4.75. The van der Waals surface area contributed by atoms with Crippen molar-refractivity contribution in [1.82, 2.24) is 15.3 Å². The van der Waals surface area contributed by atoms with Crippen molar-refractivity contribution in [3.63, 3.8) is 0 Å². The average molecular weight is 497 g/mol. The number of carbonyl (C=O) groups excluding carboxylic acids is 2. The fraction of sp³-hybridized carbons (Fsp3) is 0.556. The van der Waals surface area contributed by atoms with E-state index in [9.17, 15) is 9.59 Å². The molecule has 0 saturated carbocycles. The number of anilines is 4. The summed E-state index contributed by atoms with van der Waals surface area (Å²) in [5.41, 5.74) is 1.27. The van der Waals surface area contributed by atoms with Gasteiger partial charge >= 0.3 is 0 Å². The first kappa shape index (κ1) is 27.2. The van der Waals surface area contributed by atoms with Crippen LogP contribution in [0.1, 0.15) is 71.2 Å². The molecule has 36 heavy (non-hydrogen) atoms. The number of hydrogen-bond acceptors (Lipinski definition) is 7. The lowest BCUT2D eigenvalue weighted by atomic mass is 9.90. The fourth-order valence-electron chi connectivity index (χ4n) is 4.41. The summed E-state index contributed by atoms with van der Waals surface area (Å²) in [5.74, 6) is 1.50. The van der Waals surface area contributed by atoms with Gasteiger partial charge in [0.05, 0.1) is 23.4 Å². The first-order chi connectivity index (χ1) is 17.0. The Bertz CT molecular complexity index is 1100. The van der Waals surface area contributed by atoms with Crippen LogP contribution in [0.25, 0.3) is 0 Å². The molecule has 196 valence electrons. The number of benzene rings is 1. The van der Waals surface area contributed by atoms with Crippen LogP contribution in [0.5, 0.6) is 5.75 Å². The molecule has 2 heterocycles. The topological polar surface area (TPSA) is 99.7 Å². The lowest BCUT2D eigenvalue weighted by Gasteiger charge is -2.34. The SMILES string of the molecule is CCCCC(C)N1CC(C)(C)C(=O)N(C)c2cnc(Nc3ccc(C(=O)NC)cc3OC(C)C)nc21. The number of amides is 2. The highest BCUT2D eigenvalue weighted by Crippen LogP contribution is 2.38. The number of unbranched alkanes of at least 4 members (excludes halogenated alkanes) is 1. The van der Waals surface area contributed by atoms with Gasteiger partial charge in [0.1, 0.15) is 11.4 Å². The summed E-state index contributed by atoms with van der Waals surface area (Å²) in [7, 11) is 3.38.